The van der Waals surface area contributed by atoms with Crippen molar-refractivity contribution in [3.63, 3.8) is 0 Å². The maximum absolute atomic E-state index is 4.44. The van der Waals surface area contributed by atoms with Crippen LogP contribution in [0.5, 0.6) is 0 Å². The first-order valence-corrected chi connectivity index (χ1v) is 8.63. The fourth-order valence-electron chi connectivity index (χ4n) is 3.72. The van der Waals surface area contributed by atoms with Gasteiger partial charge in [0.05, 0.1) is 17.7 Å². The molecule has 0 spiro atoms. The van der Waals surface area contributed by atoms with E-state index in [2.05, 4.69) is 30.1 Å². The van der Waals surface area contributed by atoms with Crippen LogP contribution in [0.15, 0.2) is 23.3 Å². The fourth-order valence-corrected chi connectivity index (χ4v) is 4.27. The monoisotopic (exact) mass is 303 g/mol. The smallest absolute Gasteiger partial charge is 0.120 e. The third-order valence-corrected chi connectivity index (χ3v) is 5.31. The van der Waals surface area contributed by atoms with E-state index < -0.39 is 0 Å². The zero-order valence-electron chi connectivity index (χ0n) is 12.1. The Morgan fingerprint density at radius 1 is 1.19 bits per heavy atom. The molecular weight excluding hydrogens is 282 g/mol. The highest BCUT2D eigenvalue weighted by atomic mass is 32.1. The van der Waals surface area contributed by atoms with Crippen LogP contribution in [-0.2, 0) is 13.1 Å². The van der Waals surface area contributed by atoms with Gasteiger partial charge in [-0.2, -0.15) is 0 Å². The van der Waals surface area contributed by atoms with Crippen molar-refractivity contribution in [3.05, 3.63) is 34.8 Å². The van der Waals surface area contributed by atoms with Gasteiger partial charge in [0.1, 0.15) is 5.82 Å². The quantitative estimate of drug-likeness (QED) is 0.938. The molecule has 5 nitrogen and oxygen atoms in total. The second kappa shape index (κ2) is 5.87. The van der Waals surface area contributed by atoms with Crippen LogP contribution in [0.3, 0.4) is 0 Å². The number of hydrogen-bond acceptors (Lipinski definition) is 5. The van der Waals surface area contributed by atoms with Gasteiger partial charge in [-0.1, -0.05) is 0 Å². The normalized spacial score (nSPS) is 27.0. The van der Waals surface area contributed by atoms with E-state index in [1.165, 1.54) is 31.6 Å². The average molecular weight is 303 g/mol. The minimum absolute atomic E-state index is 0.660. The van der Waals surface area contributed by atoms with Crippen LogP contribution in [0.2, 0.25) is 0 Å². The summed E-state index contributed by atoms with van der Waals surface area (Å²) in [5.74, 6) is 1.88. The highest BCUT2D eigenvalue weighted by molar-refractivity contribution is 7.07. The molecule has 112 valence electrons. The van der Waals surface area contributed by atoms with Crippen LogP contribution in [0.25, 0.3) is 0 Å². The van der Waals surface area contributed by atoms with Crippen molar-refractivity contribution in [1.29, 1.82) is 0 Å². The first kappa shape index (κ1) is 13.4. The number of H-pyrrole nitrogens is 1. The Hall–Kier alpha value is -1.24. The van der Waals surface area contributed by atoms with Crippen molar-refractivity contribution in [2.24, 2.45) is 5.92 Å². The molecule has 3 aliphatic rings. The minimum Gasteiger partial charge on any atom is -0.348 e. The molecule has 3 fully saturated rings. The number of aromatic amines is 1. The summed E-state index contributed by atoms with van der Waals surface area (Å²) >= 11 is 1.69. The predicted octanol–water partition coefficient (Wildman–Crippen LogP) is 1.96. The summed E-state index contributed by atoms with van der Waals surface area (Å²) in [7, 11) is 0. The highest BCUT2D eigenvalue weighted by Crippen LogP contribution is 2.29. The third kappa shape index (κ3) is 3.02. The molecule has 0 saturated carbocycles. The summed E-state index contributed by atoms with van der Waals surface area (Å²) in [5, 5.41) is 2.17. The molecule has 5 heterocycles. The molecule has 0 radical (unpaired) electrons. The lowest BCUT2D eigenvalue weighted by molar-refractivity contribution is 0.120. The van der Waals surface area contributed by atoms with Crippen LogP contribution in [-0.4, -0.2) is 50.4 Å². The zero-order valence-corrected chi connectivity index (χ0v) is 12.9. The molecule has 3 aliphatic heterocycles. The van der Waals surface area contributed by atoms with Gasteiger partial charge < -0.3 is 4.98 Å². The molecule has 6 heteroatoms. The van der Waals surface area contributed by atoms with Crippen LogP contribution in [0.1, 0.15) is 24.4 Å². The highest BCUT2D eigenvalue weighted by Gasteiger charge is 2.34. The molecule has 0 aromatic carbocycles. The van der Waals surface area contributed by atoms with Gasteiger partial charge >= 0.3 is 0 Å². The minimum atomic E-state index is 0.660. The van der Waals surface area contributed by atoms with E-state index in [4.69, 9.17) is 0 Å². The molecule has 2 atom stereocenters. The maximum Gasteiger partial charge on any atom is 0.120 e. The molecule has 5 rings (SSSR count). The van der Waals surface area contributed by atoms with Gasteiger partial charge in [-0.05, 0) is 18.8 Å². The Bertz CT molecular complexity index is 551. The molecule has 0 amide bonds. The number of nitrogens with zero attached hydrogens (tertiary/aromatic N) is 4. The number of rotatable bonds is 4. The Kier molecular flexibility index (Phi) is 3.75. The number of fused-ring (bicyclic) bond motifs is 4. The number of piperidine rings is 1. The Morgan fingerprint density at radius 3 is 3.00 bits per heavy atom. The summed E-state index contributed by atoms with van der Waals surface area (Å²) in [4.78, 5) is 17.3. The van der Waals surface area contributed by atoms with Gasteiger partial charge in [-0.15, -0.1) is 11.3 Å². The Labute approximate surface area is 129 Å². The largest absolute Gasteiger partial charge is 0.348 e. The number of imidazole rings is 1. The first-order valence-electron chi connectivity index (χ1n) is 7.68. The Morgan fingerprint density at radius 2 is 2.19 bits per heavy atom. The third-order valence-electron chi connectivity index (χ3n) is 4.68. The van der Waals surface area contributed by atoms with Gasteiger partial charge in [-0.25, -0.2) is 9.97 Å². The fraction of sp³-hybridized carbons (Fsp3) is 0.600. The van der Waals surface area contributed by atoms with Gasteiger partial charge in [0.15, 0.2) is 0 Å². The number of nitrogens with one attached hydrogen (secondary N) is 1. The van der Waals surface area contributed by atoms with Gasteiger partial charge in [0.2, 0.25) is 0 Å². The zero-order chi connectivity index (χ0) is 14.1. The van der Waals surface area contributed by atoms with Crippen molar-refractivity contribution >= 4 is 11.3 Å². The maximum atomic E-state index is 4.44. The molecular formula is C15H21N5S. The second-order valence-corrected chi connectivity index (χ2v) is 6.96. The van der Waals surface area contributed by atoms with Gasteiger partial charge in [0.25, 0.3) is 0 Å². The van der Waals surface area contributed by atoms with E-state index in [0.29, 0.717) is 6.04 Å². The molecule has 3 saturated heterocycles. The predicted molar refractivity (Wildman–Crippen MR) is 82.9 cm³/mol. The van der Waals surface area contributed by atoms with Crippen LogP contribution < -0.4 is 0 Å². The lowest BCUT2D eigenvalue weighted by atomic mass is 9.95. The molecule has 1 N–H and O–H groups in total. The van der Waals surface area contributed by atoms with E-state index in [1.807, 2.05) is 17.9 Å². The van der Waals surface area contributed by atoms with E-state index in [1.54, 1.807) is 11.3 Å². The first-order chi connectivity index (χ1) is 10.4. The number of hydrogen-bond donors (Lipinski definition) is 1. The number of aromatic nitrogens is 3. The Balaban J connectivity index is 1.44. The van der Waals surface area contributed by atoms with Crippen LogP contribution in [0.4, 0.5) is 0 Å². The van der Waals surface area contributed by atoms with Gasteiger partial charge in [-0.3, -0.25) is 9.80 Å². The summed E-state index contributed by atoms with van der Waals surface area (Å²) in [6.07, 6.45) is 6.45. The van der Waals surface area contributed by atoms with Crippen molar-refractivity contribution in [3.8, 4) is 0 Å². The van der Waals surface area contributed by atoms with E-state index >= 15 is 0 Å². The standard InChI is InChI=1S/C15H21N5S/c1-2-14-8-19(7-13-10-21-11-18-13)5-12(1)6-20(14)9-15-16-3-4-17-15/h3-4,10-12,14H,1-2,5-9H2,(H,16,17)/t12-,14+/m0/s1. The van der Waals surface area contributed by atoms with Crippen molar-refractivity contribution < 1.29 is 0 Å². The summed E-state index contributed by atoms with van der Waals surface area (Å²) in [6.45, 7) is 5.54. The molecule has 2 aromatic heterocycles. The van der Waals surface area contributed by atoms with Gasteiger partial charge in [0, 0.05) is 50.0 Å². The molecule has 0 unspecified atom stereocenters. The lowest BCUT2D eigenvalue weighted by Gasteiger charge is -2.35. The van der Waals surface area contributed by atoms with E-state index in [9.17, 15) is 0 Å². The van der Waals surface area contributed by atoms with E-state index in [-0.39, 0.29) is 0 Å². The van der Waals surface area contributed by atoms with E-state index in [0.717, 1.165) is 31.4 Å². The number of thiazole rings is 1. The molecule has 2 aromatic rings. The topological polar surface area (TPSA) is 48.1 Å². The summed E-state index contributed by atoms with van der Waals surface area (Å²) in [5.41, 5.74) is 3.16. The van der Waals surface area contributed by atoms with Crippen LogP contribution in [0, 0.1) is 5.92 Å². The lowest BCUT2D eigenvalue weighted by Crippen LogP contribution is -2.43. The average Bonchev–Trinajstić information content (AvgIpc) is 3.09. The van der Waals surface area contributed by atoms with Crippen LogP contribution >= 0.6 is 11.3 Å². The SMILES string of the molecule is c1c[nH]c(CN2C[C@H]3CC[C@@H]2CN(Cc2cscn2)C3)n1. The molecule has 2 bridgehead atoms. The van der Waals surface area contributed by atoms with Crippen molar-refractivity contribution in [2.45, 2.75) is 32.0 Å². The molecule has 21 heavy (non-hydrogen) atoms. The van der Waals surface area contributed by atoms with Crippen molar-refractivity contribution in [2.75, 3.05) is 19.6 Å². The second-order valence-electron chi connectivity index (χ2n) is 6.24. The molecule has 0 aliphatic carbocycles. The summed E-state index contributed by atoms with van der Waals surface area (Å²) in [6, 6.07) is 0.660. The summed E-state index contributed by atoms with van der Waals surface area (Å²) < 4.78 is 0. The van der Waals surface area contributed by atoms with Crippen molar-refractivity contribution in [1.82, 2.24) is 24.8 Å².